The van der Waals surface area contributed by atoms with Gasteiger partial charge in [-0.3, -0.25) is 4.79 Å². The molecule has 0 aromatic rings. The van der Waals surface area contributed by atoms with E-state index in [9.17, 15) is 25.2 Å². The van der Waals surface area contributed by atoms with E-state index in [4.69, 9.17) is 9.47 Å². The number of hydrogen-bond donors (Lipinski definition) is 4. The quantitative estimate of drug-likeness (QED) is 0.514. The average Bonchev–Trinajstić information content (AvgIpc) is 2.46. The lowest BCUT2D eigenvalue weighted by Gasteiger charge is -2.43. The molecule has 4 N–H and O–H groups in total. The zero-order valence-corrected chi connectivity index (χ0v) is 13.7. The van der Waals surface area contributed by atoms with Gasteiger partial charge in [0.15, 0.2) is 6.29 Å². The van der Waals surface area contributed by atoms with Crippen LogP contribution in [0, 0.1) is 5.41 Å². The zero-order chi connectivity index (χ0) is 17.4. The highest BCUT2D eigenvalue weighted by Crippen LogP contribution is 2.41. The Hall–Kier alpha value is -0.830. The molecule has 1 fully saturated rings. The molecule has 0 amide bonds. The van der Waals surface area contributed by atoms with Gasteiger partial charge in [-0.05, 0) is 30.8 Å². The van der Waals surface area contributed by atoms with Crippen LogP contribution in [0.1, 0.15) is 33.6 Å². The van der Waals surface area contributed by atoms with E-state index in [1.54, 1.807) is 0 Å². The number of carbonyl (C=O) groups is 1. The van der Waals surface area contributed by atoms with Crippen molar-refractivity contribution in [3.63, 3.8) is 0 Å². The summed E-state index contributed by atoms with van der Waals surface area (Å²) in [5, 5.41) is 38.8. The number of aliphatic hydroxyl groups is 4. The number of rotatable bonds is 4. The molecule has 1 aliphatic heterocycles. The molecule has 2 rings (SSSR count). The highest BCUT2D eigenvalue weighted by atomic mass is 16.7. The van der Waals surface area contributed by atoms with Gasteiger partial charge in [-0.15, -0.1) is 0 Å². The maximum atomic E-state index is 11.2. The summed E-state index contributed by atoms with van der Waals surface area (Å²) in [4.78, 5) is 11.2. The van der Waals surface area contributed by atoms with Gasteiger partial charge in [-0.1, -0.05) is 19.4 Å². The average molecular weight is 330 g/mol. The minimum atomic E-state index is -1.45. The van der Waals surface area contributed by atoms with Crippen molar-refractivity contribution in [2.24, 2.45) is 5.41 Å². The molecule has 4 unspecified atom stereocenters. The molecule has 7 nitrogen and oxygen atoms in total. The Morgan fingerprint density at radius 1 is 1.26 bits per heavy atom. The summed E-state index contributed by atoms with van der Waals surface area (Å²) in [6.07, 6.45) is -4.73. The Bertz CT molecular complexity index is 471. The molecule has 0 saturated carbocycles. The van der Waals surface area contributed by atoms with Crippen molar-refractivity contribution in [3.05, 3.63) is 11.1 Å². The van der Waals surface area contributed by atoms with E-state index < -0.39 is 37.3 Å². The highest BCUT2D eigenvalue weighted by molar-refractivity contribution is 5.77. The van der Waals surface area contributed by atoms with Gasteiger partial charge in [0.1, 0.15) is 30.7 Å². The molecule has 23 heavy (non-hydrogen) atoms. The fraction of sp³-hybridized carbons (Fsp3) is 0.812. The Kier molecular flexibility index (Phi) is 5.60. The van der Waals surface area contributed by atoms with Gasteiger partial charge in [-0.2, -0.15) is 0 Å². The molecule has 7 heteroatoms. The van der Waals surface area contributed by atoms with Gasteiger partial charge in [0, 0.05) is 0 Å². The lowest BCUT2D eigenvalue weighted by molar-refractivity contribution is -0.312. The molecule has 6 atom stereocenters. The number of hydrogen-bond acceptors (Lipinski definition) is 7. The third-order valence-corrected chi connectivity index (χ3v) is 4.75. The summed E-state index contributed by atoms with van der Waals surface area (Å²) < 4.78 is 11.2. The molecular weight excluding hydrogens is 304 g/mol. The third-order valence-electron chi connectivity index (χ3n) is 4.75. The Morgan fingerprint density at radius 2 is 1.91 bits per heavy atom. The Labute approximate surface area is 135 Å². The van der Waals surface area contributed by atoms with Crippen molar-refractivity contribution >= 4 is 6.29 Å². The Balaban J connectivity index is 2.10. The number of aldehydes is 1. The van der Waals surface area contributed by atoms with Gasteiger partial charge < -0.3 is 29.9 Å². The molecule has 0 bridgehead atoms. The van der Waals surface area contributed by atoms with Crippen LogP contribution in [-0.2, 0) is 14.3 Å². The minimum Gasteiger partial charge on any atom is -0.394 e. The number of ether oxygens (including phenoxy) is 2. The topological polar surface area (TPSA) is 116 Å². The van der Waals surface area contributed by atoms with E-state index in [2.05, 4.69) is 0 Å². The molecule has 132 valence electrons. The smallest absolute Gasteiger partial charge is 0.186 e. The summed E-state index contributed by atoms with van der Waals surface area (Å²) in [5.74, 6) is 0. The second-order valence-electron chi connectivity index (χ2n) is 7.06. The van der Waals surface area contributed by atoms with Crippen LogP contribution < -0.4 is 0 Å². The number of allylic oxidation sites excluding steroid dienone is 1. The largest absolute Gasteiger partial charge is 0.394 e. The molecule has 1 heterocycles. The van der Waals surface area contributed by atoms with E-state index in [-0.39, 0.29) is 11.5 Å². The van der Waals surface area contributed by atoms with Gasteiger partial charge in [0.2, 0.25) is 0 Å². The van der Waals surface area contributed by atoms with E-state index in [0.29, 0.717) is 12.8 Å². The zero-order valence-electron chi connectivity index (χ0n) is 13.7. The second-order valence-corrected chi connectivity index (χ2v) is 7.06. The molecule has 0 spiro atoms. The number of aliphatic hydroxyl groups excluding tert-OH is 4. The van der Waals surface area contributed by atoms with Crippen LogP contribution in [0.2, 0.25) is 0 Å². The van der Waals surface area contributed by atoms with Crippen LogP contribution in [0.15, 0.2) is 11.1 Å². The SMILES string of the molecule is CC1=C(C=O)C(C)(C)CC(O[C@@H]2OC(CO)[C@@H](O)C(O)C2O)C1. The van der Waals surface area contributed by atoms with Gasteiger partial charge in [0.05, 0.1) is 12.7 Å². The monoisotopic (exact) mass is 330 g/mol. The fourth-order valence-electron chi connectivity index (χ4n) is 3.51. The van der Waals surface area contributed by atoms with Gasteiger partial charge in [0.25, 0.3) is 0 Å². The van der Waals surface area contributed by atoms with Gasteiger partial charge >= 0.3 is 0 Å². The van der Waals surface area contributed by atoms with E-state index >= 15 is 0 Å². The lowest BCUT2D eigenvalue weighted by atomic mass is 9.72. The molecule has 0 aromatic carbocycles. The molecule has 1 saturated heterocycles. The molecular formula is C16H26O7. The third kappa shape index (κ3) is 3.65. The first-order valence-electron chi connectivity index (χ1n) is 7.82. The van der Waals surface area contributed by atoms with Gasteiger partial charge in [-0.25, -0.2) is 0 Å². The molecule has 1 aliphatic carbocycles. The van der Waals surface area contributed by atoms with Crippen molar-refractivity contribution in [2.75, 3.05) is 6.61 Å². The van der Waals surface area contributed by atoms with Crippen LogP contribution in [0.5, 0.6) is 0 Å². The van der Waals surface area contributed by atoms with Crippen LogP contribution in [0.4, 0.5) is 0 Å². The molecule has 2 aliphatic rings. The lowest BCUT2D eigenvalue weighted by Crippen LogP contribution is -2.59. The predicted molar refractivity (Wildman–Crippen MR) is 80.4 cm³/mol. The Morgan fingerprint density at radius 3 is 2.43 bits per heavy atom. The predicted octanol–water partition coefficient (Wildman–Crippen LogP) is -0.493. The molecule has 0 aromatic heterocycles. The van der Waals surface area contributed by atoms with Crippen molar-refractivity contribution in [1.29, 1.82) is 0 Å². The standard InChI is InChI=1S/C16H26O7/c1-8-4-9(5-16(2,3)10(8)6-17)22-15-14(21)13(20)12(19)11(7-18)23-15/h6,9,11-15,18-21H,4-5,7H2,1-3H3/t9?,11?,12-,13?,14?,15-/m1/s1. The van der Waals surface area contributed by atoms with E-state index in [0.717, 1.165) is 17.4 Å². The molecule has 0 radical (unpaired) electrons. The highest BCUT2D eigenvalue weighted by Gasteiger charge is 2.45. The summed E-state index contributed by atoms with van der Waals surface area (Å²) >= 11 is 0. The summed E-state index contributed by atoms with van der Waals surface area (Å²) in [6, 6.07) is 0. The maximum Gasteiger partial charge on any atom is 0.186 e. The minimum absolute atomic E-state index is 0.296. The summed E-state index contributed by atoms with van der Waals surface area (Å²) in [7, 11) is 0. The van der Waals surface area contributed by atoms with Crippen molar-refractivity contribution in [3.8, 4) is 0 Å². The first kappa shape index (κ1) is 18.5. The first-order valence-corrected chi connectivity index (χ1v) is 7.82. The van der Waals surface area contributed by atoms with Crippen LogP contribution in [0.25, 0.3) is 0 Å². The second kappa shape index (κ2) is 6.96. The maximum absolute atomic E-state index is 11.2. The summed E-state index contributed by atoms with van der Waals surface area (Å²) in [5.41, 5.74) is 1.32. The van der Waals surface area contributed by atoms with E-state index in [1.807, 2.05) is 20.8 Å². The van der Waals surface area contributed by atoms with E-state index in [1.165, 1.54) is 0 Å². The van der Waals surface area contributed by atoms with Crippen LogP contribution in [0.3, 0.4) is 0 Å². The van der Waals surface area contributed by atoms with Crippen molar-refractivity contribution in [1.82, 2.24) is 0 Å². The first-order chi connectivity index (χ1) is 10.7. The fourth-order valence-corrected chi connectivity index (χ4v) is 3.51. The summed E-state index contributed by atoms with van der Waals surface area (Å²) in [6.45, 7) is 5.27. The number of carbonyl (C=O) groups excluding carboxylic acids is 1. The van der Waals surface area contributed by atoms with Crippen LogP contribution in [-0.4, -0.2) is 70.1 Å². The van der Waals surface area contributed by atoms with Crippen LogP contribution >= 0.6 is 0 Å². The normalized spacial score (nSPS) is 41.0. The van der Waals surface area contributed by atoms with Crippen molar-refractivity contribution < 1.29 is 34.7 Å². The van der Waals surface area contributed by atoms with Crippen molar-refractivity contribution in [2.45, 2.75) is 70.4 Å².